The van der Waals surface area contributed by atoms with E-state index in [4.69, 9.17) is 16.3 Å². The first kappa shape index (κ1) is 13.2. The Bertz CT molecular complexity index is 498. The monoisotopic (exact) mass is 282 g/mol. The van der Waals surface area contributed by atoms with Gasteiger partial charge in [-0.15, -0.1) is 11.3 Å². The molecule has 2 heterocycles. The quantitative estimate of drug-likeness (QED) is 0.884. The number of thiophene rings is 1. The highest BCUT2D eigenvalue weighted by Crippen LogP contribution is 2.28. The van der Waals surface area contributed by atoms with Gasteiger partial charge in [-0.25, -0.2) is 4.98 Å². The topological polar surface area (TPSA) is 34.1 Å². The molecule has 0 fully saturated rings. The summed E-state index contributed by atoms with van der Waals surface area (Å²) in [5, 5.41) is 3.37. The van der Waals surface area contributed by atoms with Gasteiger partial charge in [-0.2, -0.15) is 0 Å². The Hall–Kier alpha value is -1.26. The average molecular weight is 283 g/mol. The van der Waals surface area contributed by atoms with Crippen molar-refractivity contribution in [2.24, 2.45) is 0 Å². The molecular weight excluding hydrogens is 268 g/mol. The van der Waals surface area contributed by atoms with E-state index in [0.29, 0.717) is 12.5 Å². The molecule has 0 bridgehead atoms. The van der Waals surface area contributed by atoms with E-state index in [9.17, 15) is 0 Å². The molecule has 0 aromatic carbocycles. The van der Waals surface area contributed by atoms with E-state index in [0.717, 1.165) is 10.0 Å². The summed E-state index contributed by atoms with van der Waals surface area (Å²) < 4.78 is 6.11. The van der Waals surface area contributed by atoms with Crippen molar-refractivity contribution in [2.45, 2.75) is 19.9 Å². The number of rotatable bonds is 5. The maximum absolute atomic E-state index is 5.92. The predicted molar refractivity (Wildman–Crippen MR) is 76.8 cm³/mol. The van der Waals surface area contributed by atoms with Gasteiger partial charge in [0, 0.05) is 10.9 Å². The standard InChI is InChI=1S/C13H15ClN2OS/c1-3-17-13-7-4-10(8-15-13)16-9(2)11-5-6-12(14)18-11/h4-9,16H,3H2,1-2H3. The number of hydrogen-bond donors (Lipinski definition) is 1. The third-order valence-corrected chi connectivity index (χ3v) is 3.85. The Labute approximate surface area is 116 Å². The van der Waals surface area contributed by atoms with Crippen molar-refractivity contribution < 1.29 is 4.74 Å². The lowest BCUT2D eigenvalue weighted by Crippen LogP contribution is -2.05. The Balaban J connectivity index is 2.00. The molecule has 1 unspecified atom stereocenters. The van der Waals surface area contributed by atoms with Crippen molar-refractivity contribution in [2.75, 3.05) is 11.9 Å². The number of hydrogen-bond acceptors (Lipinski definition) is 4. The van der Waals surface area contributed by atoms with Crippen LogP contribution in [0.3, 0.4) is 0 Å². The van der Waals surface area contributed by atoms with Gasteiger partial charge >= 0.3 is 0 Å². The second-order valence-electron chi connectivity index (χ2n) is 3.83. The fourth-order valence-electron chi connectivity index (χ4n) is 1.58. The first-order valence-corrected chi connectivity index (χ1v) is 6.99. The third-order valence-electron chi connectivity index (χ3n) is 2.43. The van der Waals surface area contributed by atoms with Crippen molar-refractivity contribution in [3.63, 3.8) is 0 Å². The summed E-state index contributed by atoms with van der Waals surface area (Å²) in [5.41, 5.74) is 0.968. The molecule has 0 spiro atoms. The molecular formula is C13H15ClN2OS. The van der Waals surface area contributed by atoms with E-state index in [1.165, 1.54) is 4.88 Å². The number of anilines is 1. The SMILES string of the molecule is CCOc1ccc(NC(C)c2ccc(Cl)s2)cn1. The number of nitrogens with one attached hydrogen (secondary N) is 1. The van der Waals surface area contributed by atoms with Crippen LogP contribution >= 0.6 is 22.9 Å². The number of halogens is 1. The molecule has 2 aromatic heterocycles. The zero-order valence-electron chi connectivity index (χ0n) is 10.3. The molecule has 0 radical (unpaired) electrons. The number of nitrogens with zero attached hydrogens (tertiary/aromatic N) is 1. The third kappa shape index (κ3) is 3.37. The van der Waals surface area contributed by atoms with Gasteiger partial charge in [-0.05, 0) is 32.0 Å². The zero-order chi connectivity index (χ0) is 13.0. The molecule has 96 valence electrons. The van der Waals surface area contributed by atoms with Gasteiger partial charge in [0.2, 0.25) is 5.88 Å². The normalized spacial score (nSPS) is 12.2. The Morgan fingerprint density at radius 1 is 1.39 bits per heavy atom. The molecule has 1 N–H and O–H groups in total. The van der Waals surface area contributed by atoms with Crippen molar-refractivity contribution in [1.29, 1.82) is 0 Å². The van der Waals surface area contributed by atoms with Crippen molar-refractivity contribution >= 4 is 28.6 Å². The molecule has 3 nitrogen and oxygen atoms in total. The number of pyridine rings is 1. The molecule has 2 rings (SSSR count). The van der Waals surface area contributed by atoms with Crippen LogP contribution in [0, 0.1) is 0 Å². The Kier molecular flexibility index (Phi) is 4.44. The largest absolute Gasteiger partial charge is 0.478 e. The Morgan fingerprint density at radius 3 is 2.78 bits per heavy atom. The van der Waals surface area contributed by atoms with Gasteiger partial charge < -0.3 is 10.1 Å². The van der Waals surface area contributed by atoms with Crippen molar-refractivity contribution in [1.82, 2.24) is 4.98 Å². The first-order valence-electron chi connectivity index (χ1n) is 5.79. The summed E-state index contributed by atoms with van der Waals surface area (Å²) in [6.07, 6.45) is 1.77. The summed E-state index contributed by atoms with van der Waals surface area (Å²) >= 11 is 7.51. The van der Waals surface area contributed by atoms with Gasteiger partial charge in [-0.3, -0.25) is 0 Å². The van der Waals surface area contributed by atoms with Crippen LogP contribution in [-0.4, -0.2) is 11.6 Å². The second-order valence-corrected chi connectivity index (χ2v) is 5.57. The van der Waals surface area contributed by atoms with Crippen molar-refractivity contribution in [3.8, 4) is 5.88 Å². The number of ether oxygens (including phenoxy) is 1. The number of aromatic nitrogens is 1. The fraction of sp³-hybridized carbons (Fsp3) is 0.308. The minimum absolute atomic E-state index is 0.210. The minimum atomic E-state index is 0.210. The van der Waals surface area contributed by atoms with E-state index < -0.39 is 0 Å². The fourth-order valence-corrected chi connectivity index (χ4v) is 2.64. The molecule has 5 heteroatoms. The molecule has 18 heavy (non-hydrogen) atoms. The average Bonchev–Trinajstić information content (AvgIpc) is 2.79. The molecule has 0 saturated heterocycles. The van der Waals surface area contributed by atoms with Gasteiger partial charge in [0.25, 0.3) is 0 Å². The lowest BCUT2D eigenvalue weighted by molar-refractivity contribution is 0.327. The highest BCUT2D eigenvalue weighted by molar-refractivity contribution is 7.16. The van der Waals surface area contributed by atoms with Gasteiger partial charge in [0.05, 0.1) is 28.9 Å². The molecule has 1 atom stereocenters. The smallest absolute Gasteiger partial charge is 0.213 e. The molecule has 0 amide bonds. The van der Waals surface area contributed by atoms with E-state index in [1.54, 1.807) is 17.5 Å². The second kappa shape index (κ2) is 6.07. The summed E-state index contributed by atoms with van der Waals surface area (Å²) in [5.74, 6) is 0.648. The van der Waals surface area contributed by atoms with Crippen LogP contribution in [0.25, 0.3) is 0 Å². The summed E-state index contributed by atoms with van der Waals surface area (Å²) in [6, 6.07) is 7.98. The Morgan fingerprint density at radius 2 is 2.22 bits per heavy atom. The van der Waals surface area contributed by atoms with Crippen LogP contribution in [-0.2, 0) is 0 Å². The van der Waals surface area contributed by atoms with Crippen LogP contribution in [0.2, 0.25) is 4.34 Å². The maximum Gasteiger partial charge on any atom is 0.213 e. The molecule has 0 saturated carbocycles. The minimum Gasteiger partial charge on any atom is -0.478 e. The maximum atomic E-state index is 5.92. The molecule has 2 aromatic rings. The van der Waals surface area contributed by atoms with Crippen molar-refractivity contribution in [3.05, 3.63) is 39.7 Å². The predicted octanol–water partition coefficient (Wildman–Crippen LogP) is 4.37. The lowest BCUT2D eigenvalue weighted by Gasteiger charge is -2.13. The van der Waals surface area contributed by atoms with E-state index in [1.807, 2.05) is 31.2 Å². The molecule has 0 aliphatic carbocycles. The highest BCUT2D eigenvalue weighted by atomic mass is 35.5. The van der Waals surface area contributed by atoms with Gasteiger partial charge in [0.1, 0.15) is 0 Å². The molecule has 0 aliphatic heterocycles. The summed E-state index contributed by atoms with van der Waals surface area (Å²) in [4.78, 5) is 5.42. The summed E-state index contributed by atoms with van der Waals surface area (Å²) in [6.45, 7) is 4.67. The van der Waals surface area contributed by atoms with E-state index in [2.05, 4.69) is 17.2 Å². The van der Waals surface area contributed by atoms with E-state index in [-0.39, 0.29) is 6.04 Å². The van der Waals surface area contributed by atoms with Crippen LogP contribution in [0.1, 0.15) is 24.8 Å². The zero-order valence-corrected chi connectivity index (χ0v) is 11.9. The first-order chi connectivity index (χ1) is 8.69. The van der Waals surface area contributed by atoms with Crippen LogP contribution in [0.5, 0.6) is 5.88 Å². The van der Waals surface area contributed by atoms with Crippen LogP contribution in [0.4, 0.5) is 5.69 Å². The van der Waals surface area contributed by atoms with Gasteiger partial charge in [-0.1, -0.05) is 11.6 Å². The highest BCUT2D eigenvalue weighted by Gasteiger charge is 2.08. The van der Waals surface area contributed by atoms with Gasteiger partial charge in [0.15, 0.2) is 0 Å². The summed E-state index contributed by atoms with van der Waals surface area (Å²) in [7, 11) is 0. The van der Waals surface area contributed by atoms with E-state index >= 15 is 0 Å². The molecule has 0 aliphatic rings. The lowest BCUT2D eigenvalue weighted by atomic mass is 10.2. The van der Waals surface area contributed by atoms with Crippen LogP contribution in [0.15, 0.2) is 30.5 Å². The van der Waals surface area contributed by atoms with Crippen LogP contribution < -0.4 is 10.1 Å².